The van der Waals surface area contributed by atoms with Gasteiger partial charge in [0.1, 0.15) is 0 Å². The zero-order valence-electron chi connectivity index (χ0n) is 14.4. The van der Waals surface area contributed by atoms with Crippen LogP contribution in [-0.4, -0.2) is 15.0 Å². The molecule has 3 heterocycles. The van der Waals surface area contributed by atoms with Gasteiger partial charge in [-0.1, -0.05) is 25.5 Å². The van der Waals surface area contributed by atoms with E-state index in [0.717, 1.165) is 44.0 Å². The number of nitrogens with zero attached hydrogens (tertiary/aromatic N) is 3. The topological polar surface area (TPSA) is 38.7 Å². The maximum absolute atomic E-state index is 4.69. The SMILES string of the molecule is Br.CCCCc1ccnc(-c2cnc3c(ccc4cc(Br)cnc43)c2)c1. The van der Waals surface area contributed by atoms with E-state index in [0.29, 0.717) is 0 Å². The van der Waals surface area contributed by atoms with Crippen LogP contribution in [0.1, 0.15) is 25.3 Å². The van der Waals surface area contributed by atoms with Crippen molar-refractivity contribution in [2.24, 2.45) is 0 Å². The Labute approximate surface area is 171 Å². The van der Waals surface area contributed by atoms with Crippen molar-refractivity contribution in [1.29, 1.82) is 0 Å². The second kappa shape index (κ2) is 8.23. The molecule has 0 aliphatic rings. The molecule has 4 aromatic rings. The van der Waals surface area contributed by atoms with Crippen molar-refractivity contribution in [2.75, 3.05) is 0 Å². The number of hydrogen-bond donors (Lipinski definition) is 0. The van der Waals surface area contributed by atoms with E-state index < -0.39 is 0 Å². The van der Waals surface area contributed by atoms with Gasteiger partial charge in [0.25, 0.3) is 0 Å². The quantitative estimate of drug-likeness (QED) is 0.317. The molecule has 0 aliphatic carbocycles. The maximum atomic E-state index is 4.69. The summed E-state index contributed by atoms with van der Waals surface area (Å²) >= 11 is 3.47. The van der Waals surface area contributed by atoms with E-state index in [1.165, 1.54) is 18.4 Å². The van der Waals surface area contributed by atoms with Gasteiger partial charge in [-0.05, 0) is 58.6 Å². The van der Waals surface area contributed by atoms with Crippen LogP contribution in [0.3, 0.4) is 0 Å². The zero-order valence-corrected chi connectivity index (χ0v) is 17.7. The lowest BCUT2D eigenvalue weighted by molar-refractivity contribution is 0.794. The lowest BCUT2D eigenvalue weighted by Crippen LogP contribution is -1.91. The minimum absolute atomic E-state index is 0. The minimum atomic E-state index is 0. The smallest absolute Gasteiger partial charge is 0.0965 e. The van der Waals surface area contributed by atoms with Gasteiger partial charge in [0, 0.05) is 39.4 Å². The Kier molecular flexibility index (Phi) is 5.99. The average molecular weight is 473 g/mol. The van der Waals surface area contributed by atoms with Crippen molar-refractivity contribution >= 4 is 54.7 Å². The summed E-state index contributed by atoms with van der Waals surface area (Å²) in [7, 11) is 0. The Morgan fingerprint density at radius 2 is 1.62 bits per heavy atom. The largest absolute Gasteiger partial charge is 0.256 e. The summed E-state index contributed by atoms with van der Waals surface area (Å²) in [6.07, 6.45) is 9.10. The fourth-order valence-corrected chi connectivity index (χ4v) is 3.42. The number of unbranched alkanes of at least 4 members (excludes halogenated alkanes) is 1. The number of fused-ring (bicyclic) bond motifs is 3. The molecule has 5 heteroatoms. The standard InChI is InChI=1S/C21H18BrN3.BrH/c1-2-3-4-14-7-8-23-19(9-14)17-10-15-5-6-16-11-18(22)13-25-21(16)20(15)24-12-17;/h5-13H,2-4H2,1H3;1H. The van der Waals surface area contributed by atoms with Gasteiger partial charge in [-0.3, -0.25) is 15.0 Å². The Hall–Kier alpha value is -1.85. The van der Waals surface area contributed by atoms with Crippen molar-refractivity contribution in [3.63, 3.8) is 0 Å². The van der Waals surface area contributed by atoms with Crippen LogP contribution in [0.25, 0.3) is 33.1 Å². The molecule has 0 amide bonds. The maximum Gasteiger partial charge on any atom is 0.0965 e. The number of pyridine rings is 3. The van der Waals surface area contributed by atoms with Crippen molar-refractivity contribution in [3.8, 4) is 11.3 Å². The van der Waals surface area contributed by atoms with E-state index in [2.05, 4.69) is 74.2 Å². The third kappa shape index (κ3) is 3.79. The molecule has 4 rings (SSSR count). The highest BCUT2D eigenvalue weighted by molar-refractivity contribution is 9.10. The van der Waals surface area contributed by atoms with Gasteiger partial charge in [-0.2, -0.15) is 0 Å². The summed E-state index contributed by atoms with van der Waals surface area (Å²) in [4.78, 5) is 13.8. The first-order valence-corrected chi connectivity index (χ1v) is 9.33. The van der Waals surface area contributed by atoms with Crippen molar-refractivity contribution in [3.05, 3.63) is 65.0 Å². The third-order valence-corrected chi connectivity index (χ3v) is 4.84. The summed E-state index contributed by atoms with van der Waals surface area (Å²) in [6, 6.07) is 12.7. The number of aryl methyl sites for hydroxylation is 1. The second-order valence-electron chi connectivity index (χ2n) is 6.24. The molecule has 26 heavy (non-hydrogen) atoms. The van der Waals surface area contributed by atoms with Crippen molar-refractivity contribution < 1.29 is 0 Å². The molecule has 0 unspecified atom stereocenters. The lowest BCUT2D eigenvalue weighted by atomic mass is 10.0. The van der Waals surface area contributed by atoms with Gasteiger partial charge in [0.2, 0.25) is 0 Å². The van der Waals surface area contributed by atoms with Crippen LogP contribution in [0.5, 0.6) is 0 Å². The predicted molar refractivity (Wildman–Crippen MR) is 117 cm³/mol. The summed E-state index contributed by atoms with van der Waals surface area (Å²) in [5, 5.41) is 2.17. The van der Waals surface area contributed by atoms with Gasteiger partial charge >= 0.3 is 0 Å². The summed E-state index contributed by atoms with van der Waals surface area (Å²) in [5.41, 5.74) is 5.21. The molecular formula is C21H19Br2N3. The van der Waals surface area contributed by atoms with Crippen LogP contribution in [0.2, 0.25) is 0 Å². The Balaban J connectivity index is 0.00000196. The summed E-state index contributed by atoms with van der Waals surface area (Å²) in [5.74, 6) is 0. The van der Waals surface area contributed by atoms with E-state index in [1.807, 2.05) is 18.6 Å². The van der Waals surface area contributed by atoms with Gasteiger partial charge in [0.05, 0.1) is 16.7 Å². The third-order valence-electron chi connectivity index (χ3n) is 4.41. The number of aromatic nitrogens is 3. The Bertz CT molecular complexity index is 1060. The predicted octanol–water partition coefficient (Wildman–Crippen LogP) is 6.53. The van der Waals surface area contributed by atoms with E-state index >= 15 is 0 Å². The molecule has 3 nitrogen and oxygen atoms in total. The highest BCUT2D eigenvalue weighted by atomic mass is 79.9. The monoisotopic (exact) mass is 471 g/mol. The first-order valence-electron chi connectivity index (χ1n) is 8.54. The van der Waals surface area contributed by atoms with Crippen LogP contribution >= 0.6 is 32.9 Å². The molecular weight excluding hydrogens is 454 g/mol. The first-order chi connectivity index (χ1) is 12.2. The summed E-state index contributed by atoms with van der Waals surface area (Å²) < 4.78 is 0.976. The molecule has 3 aromatic heterocycles. The van der Waals surface area contributed by atoms with Gasteiger partial charge in [-0.15, -0.1) is 17.0 Å². The molecule has 1 aromatic carbocycles. The van der Waals surface area contributed by atoms with Crippen LogP contribution in [0, 0.1) is 0 Å². The van der Waals surface area contributed by atoms with E-state index in [-0.39, 0.29) is 17.0 Å². The van der Waals surface area contributed by atoms with E-state index in [4.69, 9.17) is 0 Å². The Morgan fingerprint density at radius 1 is 0.885 bits per heavy atom. The number of hydrogen-bond acceptors (Lipinski definition) is 3. The molecule has 0 fully saturated rings. The molecule has 0 radical (unpaired) electrons. The molecule has 0 saturated carbocycles. The molecule has 0 spiro atoms. The van der Waals surface area contributed by atoms with Crippen LogP contribution < -0.4 is 0 Å². The van der Waals surface area contributed by atoms with Crippen LogP contribution in [0.4, 0.5) is 0 Å². The number of benzene rings is 1. The highest BCUT2D eigenvalue weighted by Gasteiger charge is 2.07. The average Bonchev–Trinajstić information content (AvgIpc) is 2.65. The highest BCUT2D eigenvalue weighted by Crippen LogP contribution is 2.27. The normalized spacial score (nSPS) is 10.8. The minimum Gasteiger partial charge on any atom is -0.256 e. The molecule has 0 bridgehead atoms. The summed E-state index contributed by atoms with van der Waals surface area (Å²) in [6.45, 7) is 2.21. The number of rotatable bonds is 4. The van der Waals surface area contributed by atoms with E-state index in [1.54, 1.807) is 0 Å². The number of halogens is 2. The Morgan fingerprint density at radius 3 is 2.38 bits per heavy atom. The lowest BCUT2D eigenvalue weighted by Gasteiger charge is -2.07. The van der Waals surface area contributed by atoms with Gasteiger partial charge < -0.3 is 0 Å². The van der Waals surface area contributed by atoms with E-state index in [9.17, 15) is 0 Å². The van der Waals surface area contributed by atoms with Crippen molar-refractivity contribution in [2.45, 2.75) is 26.2 Å². The molecule has 0 atom stereocenters. The molecule has 0 N–H and O–H groups in total. The van der Waals surface area contributed by atoms with Gasteiger partial charge in [0.15, 0.2) is 0 Å². The van der Waals surface area contributed by atoms with Crippen LogP contribution in [-0.2, 0) is 6.42 Å². The first kappa shape index (κ1) is 18.9. The zero-order chi connectivity index (χ0) is 17.2. The fourth-order valence-electron chi connectivity index (χ4n) is 3.07. The molecule has 0 aliphatic heterocycles. The van der Waals surface area contributed by atoms with Gasteiger partial charge in [-0.25, -0.2) is 0 Å². The molecule has 0 saturated heterocycles. The fraction of sp³-hybridized carbons (Fsp3) is 0.190. The van der Waals surface area contributed by atoms with Crippen molar-refractivity contribution in [1.82, 2.24) is 15.0 Å². The van der Waals surface area contributed by atoms with Crippen LogP contribution in [0.15, 0.2) is 59.5 Å². The molecule has 132 valence electrons. The second-order valence-corrected chi connectivity index (χ2v) is 7.16.